The molecule has 0 saturated heterocycles. The second-order valence-electron chi connectivity index (χ2n) is 3.70. The fraction of sp³-hybridized carbons (Fsp3) is 0.545. The number of aliphatic hydroxyl groups is 1. The van der Waals surface area contributed by atoms with E-state index in [1.54, 1.807) is 0 Å². The lowest BCUT2D eigenvalue weighted by molar-refractivity contribution is 0.0893. The molecule has 0 aromatic carbocycles. The van der Waals surface area contributed by atoms with Crippen LogP contribution in [0.5, 0.6) is 0 Å². The van der Waals surface area contributed by atoms with Crippen molar-refractivity contribution in [2.45, 2.75) is 32.4 Å². The molecule has 0 bridgehead atoms. The molecular weight excluding hydrogens is 230 g/mol. The van der Waals surface area contributed by atoms with E-state index < -0.39 is 18.9 Å². The Morgan fingerprint density at radius 3 is 2.82 bits per heavy atom. The molecule has 1 aromatic heterocycles. The van der Waals surface area contributed by atoms with Gasteiger partial charge in [-0.3, -0.25) is 4.79 Å². The smallest absolute Gasteiger partial charge is 0.268 e. The molecule has 0 aliphatic heterocycles. The molecule has 1 heterocycles. The molecular formula is C11H16F2N2O2. The highest BCUT2D eigenvalue weighted by Gasteiger charge is 2.16. The van der Waals surface area contributed by atoms with Crippen LogP contribution < -0.4 is 5.32 Å². The summed E-state index contributed by atoms with van der Waals surface area (Å²) in [6.45, 7) is 1.14. The fourth-order valence-corrected chi connectivity index (χ4v) is 1.46. The van der Waals surface area contributed by atoms with Crippen LogP contribution in [0, 0.1) is 0 Å². The van der Waals surface area contributed by atoms with Crippen molar-refractivity contribution in [3.63, 3.8) is 0 Å². The van der Waals surface area contributed by atoms with Crippen molar-refractivity contribution in [2.24, 2.45) is 0 Å². The molecule has 1 aromatic rings. The molecule has 0 aliphatic rings. The molecule has 1 atom stereocenters. The molecule has 0 fully saturated rings. The number of nitrogens with zero attached hydrogens (tertiary/aromatic N) is 1. The number of halogens is 2. The lowest BCUT2D eigenvalue weighted by Crippen LogP contribution is -2.38. The molecule has 96 valence electrons. The van der Waals surface area contributed by atoms with Gasteiger partial charge in [-0.25, -0.2) is 8.78 Å². The van der Waals surface area contributed by atoms with Crippen molar-refractivity contribution in [2.75, 3.05) is 6.61 Å². The van der Waals surface area contributed by atoms with E-state index in [1.807, 2.05) is 6.92 Å². The van der Waals surface area contributed by atoms with Crippen LogP contribution in [0.1, 0.15) is 23.8 Å². The van der Waals surface area contributed by atoms with Gasteiger partial charge in [-0.15, -0.1) is 0 Å². The summed E-state index contributed by atoms with van der Waals surface area (Å²) in [6, 6.07) is 2.66. The van der Waals surface area contributed by atoms with E-state index in [4.69, 9.17) is 5.11 Å². The number of aliphatic hydroxyl groups excluding tert-OH is 1. The number of hydrogen-bond donors (Lipinski definition) is 2. The summed E-state index contributed by atoms with van der Waals surface area (Å²) in [5, 5.41) is 11.5. The summed E-state index contributed by atoms with van der Waals surface area (Å²) >= 11 is 0. The van der Waals surface area contributed by atoms with Crippen molar-refractivity contribution in [1.82, 2.24) is 9.88 Å². The molecule has 17 heavy (non-hydrogen) atoms. The number of nitrogens with one attached hydrogen (secondary N) is 1. The van der Waals surface area contributed by atoms with Gasteiger partial charge in [0, 0.05) is 6.20 Å². The predicted molar refractivity (Wildman–Crippen MR) is 59.1 cm³/mol. The number of amides is 1. The van der Waals surface area contributed by atoms with Gasteiger partial charge in [0.05, 0.1) is 19.2 Å². The van der Waals surface area contributed by atoms with Crippen LogP contribution in [0.2, 0.25) is 0 Å². The summed E-state index contributed by atoms with van der Waals surface area (Å²) in [6.07, 6.45) is -0.493. The topological polar surface area (TPSA) is 54.3 Å². The zero-order valence-electron chi connectivity index (χ0n) is 9.57. The molecule has 0 saturated carbocycles. The molecule has 0 radical (unpaired) electrons. The molecule has 6 heteroatoms. The Hall–Kier alpha value is -1.43. The van der Waals surface area contributed by atoms with E-state index in [1.165, 1.54) is 22.9 Å². The molecule has 0 aliphatic carbocycles. The Bertz CT molecular complexity index is 362. The van der Waals surface area contributed by atoms with Crippen molar-refractivity contribution in [3.8, 4) is 0 Å². The summed E-state index contributed by atoms with van der Waals surface area (Å²) < 4.78 is 25.7. The number of hydrogen-bond acceptors (Lipinski definition) is 2. The quantitative estimate of drug-likeness (QED) is 0.793. The van der Waals surface area contributed by atoms with Crippen molar-refractivity contribution in [1.29, 1.82) is 0 Å². The normalized spacial score (nSPS) is 12.8. The lowest BCUT2D eigenvalue weighted by Gasteiger charge is -2.15. The first-order chi connectivity index (χ1) is 8.08. The maximum absolute atomic E-state index is 12.2. The van der Waals surface area contributed by atoms with Crippen LogP contribution in [0.3, 0.4) is 0 Å². The maximum atomic E-state index is 12.2. The van der Waals surface area contributed by atoms with Gasteiger partial charge in [-0.2, -0.15) is 0 Å². The zero-order valence-corrected chi connectivity index (χ0v) is 9.57. The number of alkyl halides is 2. The minimum absolute atomic E-state index is 0.169. The Morgan fingerprint density at radius 2 is 2.29 bits per heavy atom. The van der Waals surface area contributed by atoms with Gasteiger partial charge in [-0.05, 0) is 18.6 Å². The van der Waals surface area contributed by atoms with E-state index >= 15 is 0 Å². The van der Waals surface area contributed by atoms with Gasteiger partial charge in [0.1, 0.15) is 5.69 Å². The third-order valence-electron chi connectivity index (χ3n) is 2.45. The van der Waals surface area contributed by atoms with E-state index in [-0.39, 0.29) is 18.3 Å². The van der Waals surface area contributed by atoms with Gasteiger partial charge in [-0.1, -0.05) is 6.92 Å². The van der Waals surface area contributed by atoms with Gasteiger partial charge >= 0.3 is 0 Å². The summed E-state index contributed by atoms with van der Waals surface area (Å²) in [7, 11) is 0. The summed E-state index contributed by atoms with van der Waals surface area (Å²) in [5.74, 6) is -0.448. The van der Waals surface area contributed by atoms with E-state index in [0.29, 0.717) is 6.42 Å². The number of carbonyl (C=O) groups excluding carboxylic acids is 1. The minimum atomic E-state index is -2.51. The van der Waals surface area contributed by atoms with Crippen molar-refractivity contribution in [3.05, 3.63) is 24.0 Å². The van der Waals surface area contributed by atoms with Crippen LogP contribution in [-0.2, 0) is 6.54 Å². The van der Waals surface area contributed by atoms with Gasteiger partial charge in [0.2, 0.25) is 0 Å². The van der Waals surface area contributed by atoms with Crippen molar-refractivity contribution < 1.29 is 18.7 Å². The molecule has 2 N–H and O–H groups in total. The van der Waals surface area contributed by atoms with Crippen molar-refractivity contribution >= 4 is 5.91 Å². The summed E-state index contributed by atoms with van der Waals surface area (Å²) in [4.78, 5) is 11.7. The second-order valence-corrected chi connectivity index (χ2v) is 3.70. The Labute approximate surface area is 98.2 Å². The Morgan fingerprint density at radius 1 is 1.59 bits per heavy atom. The third-order valence-corrected chi connectivity index (χ3v) is 2.45. The second kappa shape index (κ2) is 6.34. The first-order valence-electron chi connectivity index (χ1n) is 5.43. The van der Waals surface area contributed by atoms with Crippen LogP contribution in [0.4, 0.5) is 8.78 Å². The number of rotatable bonds is 6. The summed E-state index contributed by atoms with van der Waals surface area (Å²) in [5.41, 5.74) is 0.178. The zero-order chi connectivity index (χ0) is 12.8. The molecule has 1 amide bonds. The average molecular weight is 246 g/mol. The minimum Gasteiger partial charge on any atom is -0.394 e. The van der Waals surface area contributed by atoms with E-state index in [0.717, 1.165) is 0 Å². The highest BCUT2D eigenvalue weighted by atomic mass is 19.3. The fourth-order valence-electron chi connectivity index (χ4n) is 1.46. The highest BCUT2D eigenvalue weighted by Crippen LogP contribution is 2.07. The van der Waals surface area contributed by atoms with Crippen LogP contribution in [0.15, 0.2) is 18.3 Å². The lowest BCUT2D eigenvalue weighted by atomic mass is 10.2. The monoisotopic (exact) mass is 246 g/mol. The van der Waals surface area contributed by atoms with Crippen LogP contribution in [-0.4, -0.2) is 34.7 Å². The van der Waals surface area contributed by atoms with E-state index in [9.17, 15) is 13.6 Å². The molecule has 0 unspecified atom stereocenters. The third kappa shape index (κ3) is 3.81. The van der Waals surface area contributed by atoms with Gasteiger partial charge in [0.15, 0.2) is 0 Å². The largest absolute Gasteiger partial charge is 0.394 e. The first kappa shape index (κ1) is 13.6. The standard InChI is InChI=1S/C11H16F2N2O2/c1-2-8(7-16)14-11(17)9-4-3-5-15(9)6-10(12)13/h3-5,8,10,16H,2,6-7H2,1H3,(H,14,17)/t8-/m0/s1. The molecule has 0 spiro atoms. The molecule has 4 nitrogen and oxygen atoms in total. The predicted octanol–water partition coefficient (Wildman–Crippen LogP) is 1.25. The Balaban J connectivity index is 2.71. The average Bonchev–Trinajstić information content (AvgIpc) is 2.72. The highest BCUT2D eigenvalue weighted by molar-refractivity contribution is 5.92. The van der Waals surface area contributed by atoms with Gasteiger partial charge < -0.3 is 15.0 Å². The first-order valence-corrected chi connectivity index (χ1v) is 5.43. The van der Waals surface area contributed by atoms with Gasteiger partial charge in [0.25, 0.3) is 12.3 Å². The van der Waals surface area contributed by atoms with Crippen LogP contribution in [0.25, 0.3) is 0 Å². The Kier molecular flexibility index (Phi) is 5.09. The maximum Gasteiger partial charge on any atom is 0.268 e. The van der Waals surface area contributed by atoms with E-state index in [2.05, 4.69) is 5.32 Å². The SMILES string of the molecule is CC[C@@H](CO)NC(=O)c1cccn1CC(F)F. The number of carbonyl (C=O) groups is 1. The molecule has 1 rings (SSSR count). The van der Waals surface area contributed by atoms with Crippen LogP contribution >= 0.6 is 0 Å². The number of aromatic nitrogens is 1.